The molecule has 3 aliphatic heterocycles. The number of aliphatic hydroxyl groups is 1. The maximum absolute atomic E-state index is 13.5. The maximum Gasteiger partial charge on any atom is 0.278 e. The number of rotatable bonds is 10. The molecule has 4 aliphatic rings. The Bertz CT molecular complexity index is 2840. The van der Waals surface area contributed by atoms with Gasteiger partial charge in [0.2, 0.25) is 17.8 Å². The molecule has 0 spiro atoms. The second kappa shape index (κ2) is 16.1. The molecule has 10 rings (SSSR count). The van der Waals surface area contributed by atoms with Gasteiger partial charge < -0.3 is 20.2 Å². The van der Waals surface area contributed by atoms with Crippen LogP contribution in [0.4, 0.5) is 23.0 Å². The van der Waals surface area contributed by atoms with Crippen molar-refractivity contribution in [2.75, 3.05) is 60.9 Å². The van der Waals surface area contributed by atoms with Crippen molar-refractivity contribution in [3.05, 3.63) is 100 Å². The first kappa shape index (κ1) is 40.7. The Hall–Kier alpha value is -6.39. The molecule has 2 atom stereocenters. The number of amides is 2. The van der Waals surface area contributed by atoms with Gasteiger partial charge in [-0.1, -0.05) is 12.1 Å². The van der Waals surface area contributed by atoms with Crippen LogP contribution in [0, 0.1) is 12.8 Å². The molecule has 63 heavy (non-hydrogen) atoms. The van der Waals surface area contributed by atoms with Gasteiger partial charge in [-0.25, -0.2) is 19.3 Å². The quantitative estimate of drug-likeness (QED) is 0.127. The molecule has 6 aromatic rings. The van der Waals surface area contributed by atoms with Crippen LogP contribution in [0.1, 0.15) is 67.5 Å². The van der Waals surface area contributed by atoms with Gasteiger partial charge in [0, 0.05) is 87.9 Å². The number of imide groups is 1. The number of aryl methyl sites for hydroxylation is 3. The standard InChI is InChI=1S/C47H54N12O4/c1-5-18-58-45(62)36-27-48-46(52-43(36)59(58)39-12-6-31-14-17-47(3,63)42(31)50-39)49-32-7-11-37(29(2)25-32)57-23-21-55(22-24-57)28-30-15-19-56(20-16-30)33-8-9-34-38(26-33)54(4)53-41(34)35-10-13-40(60)51-44(35)61/h5-9,11-12,25-27,30,35,63H,1,10,13-24,28H2,2-4H3,(H,48,49,52)(H,51,60,61)/t35?,47-/m1/s1. The summed E-state index contributed by atoms with van der Waals surface area (Å²) in [6.07, 6.45) is 7.69. The van der Waals surface area contributed by atoms with Crippen molar-refractivity contribution < 1.29 is 14.7 Å². The van der Waals surface area contributed by atoms with E-state index in [1.54, 1.807) is 28.6 Å². The van der Waals surface area contributed by atoms with E-state index in [1.807, 2.05) is 23.9 Å². The number of aromatic nitrogens is 7. The fraction of sp³-hybridized carbons (Fsp3) is 0.426. The zero-order chi connectivity index (χ0) is 43.6. The van der Waals surface area contributed by atoms with E-state index in [0.717, 1.165) is 98.5 Å². The minimum absolute atomic E-state index is 0.213. The number of hydrogen-bond donors (Lipinski definition) is 3. The molecule has 4 aromatic heterocycles. The Balaban J connectivity index is 0.755. The van der Waals surface area contributed by atoms with Crippen molar-refractivity contribution in [1.82, 2.24) is 44.3 Å². The highest BCUT2D eigenvalue weighted by Crippen LogP contribution is 2.37. The van der Waals surface area contributed by atoms with Crippen LogP contribution in [-0.4, -0.2) is 102 Å². The zero-order valence-corrected chi connectivity index (χ0v) is 36.2. The molecule has 0 bridgehead atoms. The van der Waals surface area contributed by atoms with Gasteiger partial charge in [0.05, 0.1) is 29.4 Å². The van der Waals surface area contributed by atoms with Gasteiger partial charge in [0.1, 0.15) is 11.0 Å². The number of piperidine rings is 2. The van der Waals surface area contributed by atoms with Gasteiger partial charge in [-0.05, 0) is 105 Å². The first-order valence-electron chi connectivity index (χ1n) is 22.2. The number of allylic oxidation sites excluding steroid dienone is 1. The number of benzene rings is 2. The van der Waals surface area contributed by atoms with Crippen molar-refractivity contribution in [3.8, 4) is 5.82 Å². The van der Waals surface area contributed by atoms with Crippen molar-refractivity contribution in [3.63, 3.8) is 0 Å². The molecule has 0 radical (unpaired) electrons. The number of piperazine rings is 1. The van der Waals surface area contributed by atoms with E-state index in [4.69, 9.17) is 15.1 Å². The van der Waals surface area contributed by atoms with Crippen molar-refractivity contribution in [2.45, 2.75) is 70.4 Å². The molecule has 1 unspecified atom stereocenters. The number of nitrogens with one attached hydrogen (secondary N) is 2. The lowest BCUT2D eigenvalue weighted by atomic mass is 9.92. The highest BCUT2D eigenvalue weighted by atomic mass is 16.3. The van der Waals surface area contributed by atoms with Gasteiger partial charge in [0.15, 0.2) is 11.5 Å². The molecule has 2 amide bonds. The fourth-order valence-electron chi connectivity index (χ4n) is 10.2. The van der Waals surface area contributed by atoms with Gasteiger partial charge in [-0.3, -0.25) is 29.3 Å². The number of hydrogen-bond acceptors (Lipinski definition) is 12. The monoisotopic (exact) mass is 850 g/mol. The van der Waals surface area contributed by atoms with Crippen LogP contribution in [0.5, 0.6) is 0 Å². The number of carbonyl (C=O) groups is 2. The highest BCUT2D eigenvalue weighted by Gasteiger charge is 2.35. The third-order valence-electron chi connectivity index (χ3n) is 13.6. The molecular formula is C47H54N12O4. The summed E-state index contributed by atoms with van der Waals surface area (Å²) in [6.45, 7) is 15.1. The minimum atomic E-state index is -1.03. The molecule has 16 heteroatoms. The molecule has 3 fully saturated rings. The Kier molecular flexibility index (Phi) is 10.4. The summed E-state index contributed by atoms with van der Waals surface area (Å²) < 4.78 is 5.11. The SMILES string of the molecule is C=CCn1c(=O)c2cnc(Nc3ccc(N4CCN(CC5CCN(c6ccc7c(C8CCC(=O)NC8=O)nn(C)c7c6)CC5)CC4)c(C)c3)nc2n1-c1ccc2c(n1)[C@](C)(O)CC2. The smallest absolute Gasteiger partial charge is 0.278 e. The van der Waals surface area contributed by atoms with Crippen LogP contribution in [-0.2, 0) is 35.2 Å². The Morgan fingerprint density at radius 3 is 2.51 bits per heavy atom. The Labute approximate surface area is 365 Å². The molecule has 1 aliphatic carbocycles. The molecule has 3 N–H and O–H groups in total. The lowest BCUT2D eigenvalue weighted by Gasteiger charge is -2.40. The van der Waals surface area contributed by atoms with Crippen LogP contribution in [0.3, 0.4) is 0 Å². The lowest BCUT2D eigenvalue weighted by molar-refractivity contribution is -0.134. The second-order valence-electron chi connectivity index (χ2n) is 17.9. The lowest BCUT2D eigenvalue weighted by Crippen LogP contribution is -2.49. The zero-order valence-electron chi connectivity index (χ0n) is 36.2. The average Bonchev–Trinajstić information content (AvgIpc) is 3.87. The van der Waals surface area contributed by atoms with Gasteiger partial charge in [-0.2, -0.15) is 10.1 Å². The number of fused-ring (bicyclic) bond motifs is 3. The average molecular weight is 851 g/mol. The number of pyridine rings is 1. The van der Waals surface area contributed by atoms with Crippen molar-refractivity contribution >= 4 is 56.8 Å². The van der Waals surface area contributed by atoms with Gasteiger partial charge >= 0.3 is 0 Å². The van der Waals surface area contributed by atoms with E-state index < -0.39 is 11.5 Å². The summed E-state index contributed by atoms with van der Waals surface area (Å²) in [5.41, 5.74) is 6.94. The number of nitrogens with zero attached hydrogens (tertiary/aromatic N) is 10. The minimum Gasteiger partial charge on any atom is -0.384 e. The van der Waals surface area contributed by atoms with E-state index in [0.29, 0.717) is 53.7 Å². The summed E-state index contributed by atoms with van der Waals surface area (Å²) in [7, 11) is 1.92. The van der Waals surface area contributed by atoms with E-state index >= 15 is 0 Å². The van der Waals surface area contributed by atoms with Crippen molar-refractivity contribution in [1.29, 1.82) is 0 Å². The molecule has 16 nitrogen and oxygen atoms in total. The maximum atomic E-state index is 13.5. The van der Waals surface area contributed by atoms with Crippen molar-refractivity contribution in [2.24, 2.45) is 13.0 Å². The molecule has 0 saturated carbocycles. The first-order chi connectivity index (χ1) is 30.4. The largest absolute Gasteiger partial charge is 0.384 e. The molecule has 3 saturated heterocycles. The van der Waals surface area contributed by atoms with Gasteiger partial charge in [-0.15, -0.1) is 6.58 Å². The van der Waals surface area contributed by atoms with E-state index in [2.05, 4.69) is 80.2 Å². The highest BCUT2D eigenvalue weighted by molar-refractivity contribution is 6.02. The second-order valence-corrected chi connectivity index (χ2v) is 17.9. The van der Waals surface area contributed by atoms with Crippen LogP contribution in [0.15, 0.2) is 72.2 Å². The Morgan fingerprint density at radius 1 is 0.937 bits per heavy atom. The third kappa shape index (κ3) is 7.54. The predicted octanol–water partition coefficient (Wildman–Crippen LogP) is 4.81. The molecule has 326 valence electrons. The van der Waals surface area contributed by atoms with E-state index in [9.17, 15) is 19.5 Å². The predicted molar refractivity (Wildman–Crippen MR) is 243 cm³/mol. The van der Waals surface area contributed by atoms with E-state index in [-0.39, 0.29) is 23.9 Å². The number of anilines is 4. The summed E-state index contributed by atoms with van der Waals surface area (Å²) >= 11 is 0. The summed E-state index contributed by atoms with van der Waals surface area (Å²) in [4.78, 5) is 59.6. The van der Waals surface area contributed by atoms with Crippen LogP contribution >= 0.6 is 0 Å². The van der Waals surface area contributed by atoms with E-state index in [1.165, 1.54) is 11.4 Å². The third-order valence-corrected chi connectivity index (χ3v) is 13.6. The number of carbonyl (C=O) groups excluding carboxylic acids is 2. The first-order valence-corrected chi connectivity index (χ1v) is 22.2. The molecule has 2 aromatic carbocycles. The van der Waals surface area contributed by atoms with Crippen LogP contribution < -0.4 is 26.0 Å². The van der Waals surface area contributed by atoms with Gasteiger partial charge in [0.25, 0.3) is 5.56 Å². The summed E-state index contributed by atoms with van der Waals surface area (Å²) in [6, 6.07) is 16.6. The topological polar surface area (TPSA) is 172 Å². The molecule has 7 heterocycles. The summed E-state index contributed by atoms with van der Waals surface area (Å²) in [5.74, 6) is 0.641. The summed E-state index contributed by atoms with van der Waals surface area (Å²) in [5, 5.41) is 22.9. The normalized spacial score (nSPS) is 21.0. The van der Waals surface area contributed by atoms with Crippen LogP contribution in [0.2, 0.25) is 0 Å². The fourth-order valence-corrected chi connectivity index (χ4v) is 10.2. The molecular weight excluding hydrogens is 797 g/mol. The van der Waals surface area contributed by atoms with Crippen LogP contribution in [0.25, 0.3) is 27.8 Å². The Morgan fingerprint density at radius 2 is 1.75 bits per heavy atom.